The minimum absolute atomic E-state index is 0.765. The van der Waals surface area contributed by atoms with Gasteiger partial charge in [-0.15, -0.1) is 11.3 Å². The van der Waals surface area contributed by atoms with Gasteiger partial charge in [-0.1, -0.05) is 13.8 Å². The van der Waals surface area contributed by atoms with E-state index in [1.807, 2.05) is 25.5 Å². The zero-order valence-electron chi connectivity index (χ0n) is 15.7. The molecule has 0 radical (unpaired) electrons. The highest BCUT2D eigenvalue weighted by Gasteiger charge is 2.13. The summed E-state index contributed by atoms with van der Waals surface area (Å²) in [6, 6.07) is 4.30. The van der Waals surface area contributed by atoms with Crippen LogP contribution in [0.1, 0.15) is 24.4 Å². The molecule has 0 bridgehead atoms. The molecule has 0 aromatic carbocycles. The first kappa shape index (κ1) is 17.7. The maximum absolute atomic E-state index is 4.67. The molecule has 4 aromatic rings. The SMILES string of the molecule is CCN(CC)Cc1ccc(Nc2nc(C)cn3c(-c4cn[nH]c4)cnc23)s1. The number of aromatic amines is 1. The van der Waals surface area contributed by atoms with Crippen molar-refractivity contribution < 1.29 is 0 Å². The highest BCUT2D eigenvalue weighted by Crippen LogP contribution is 2.29. The molecule has 0 aliphatic heterocycles. The van der Waals surface area contributed by atoms with Crippen molar-refractivity contribution in [2.24, 2.45) is 0 Å². The summed E-state index contributed by atoms with van der Waals surface area (Å²) in [6.07, 6.45) is 7.51. The Balaban J connectivity index is 1.64. The van der Waals surface area contributed by atoms with Crippen LogP contribution in [0, 0.1) is 6.92 Å². The lowest BCUT2D eigenvalue weighted by Gasteiger charge is -2.16. The lowest BCUT2D eigenvalue weighted by molar-refractivity contribution is 0.298. The van der Waals surface area contributed by atoms with E-state index in [-0.39, 0.29) is 0 Å². The molecule has 2 N–H and O–H groups in total. The molecule has 4 rings (SSSR count). The summed E-state index contributed by atoms with van der Waals surface area (Å²) in [5, 5.41) is 11.4. The van der Waals surface area contributed by atoms with Crippen LogP contribution in [0.3, 0.4) is 0 Å². The molecule has 0 aliphatic rings. The normalized spacial score (nSPS) is 11.6. The number of anilines is 2. The number of thiophene rings is 1. The Kier molecular flexibility index (Phi) is 4.91. The highest BCUT2D eigenvalue weighted by molar-refractivity contribution is 7.16. The van der Waals surface area contributed by atoms with Crippen LogP contribution in [-0.4, -0.2) is 42.6 Å². The third-order valence-electron chi connectivity index (χ3n) is 4.58. The molecule has 0 amide bonds. The molecule has 0 fully saturated rings. The molecular weight excluding hydrogens is 358 g/mol. The number of hydrogen-bond acceptors (Lipinski definition) is 6. The number of nitrogens with one attached hydrogen (secondary N) is 2. The minimum Gasteiger partial charge on any atom is -0.329 e. The van der Waals surface area contributed by atoms with Crippen molar-refractivity contribution in [3.63, 3.8) is 0 Å². The van der Waals surface area contributed by atoms with Gasteiger partial charge in [0.2, 0.25) is 0 Å². The number of aryl methyl sites for hydroxylation is 1. The number of H-pyrrole nitrogens is 1. The standard InChI is InChI=1S/C19H23N7S/c1-4-25(5-2)12-15-6-7-17(27-15)24-18-19-20-10-16(14-8-21-22-9-14)26(19)11-13(3)23-18/h6-11H,4-5,12H2,1-3H3,(H,21,22)(H,23,24). The van der Waals surface area contributed by atoms with Crippen molar-refractivity contribution in [1.29, 1.82) is 0 Å². The van der Waals surface area contributed by atoms with Gasteiger partial charge in [0.25, 0.3) is 0 Å². The molecule has 0 saturated heterocycles. The second-order valence-electron chi connectivity index (χ2n) is 6.41. The van der Waals surface area contributed by atoms with Crippen LogP contribution < -0.4 is 5.32 Å². The summed E-state index contributed by atoms with van der Waals surface area (Å²) in [6.45, 7) is 9.47. The summed E-state index contributed by atoms with van der Waals surface area (Å²) >= 11 is 1.76. The maximum Gasteiger partial charge on any atom is 0.180 e. The van der Waals surface area contributed by atoms with Gasteiger partial charge in [0.05, 0.1) is 28.8 Å². The molecule has 0 spiro atoms. The van der Waals surface area contributed by atoms with Gasteiger partial charge in [-0.25, -0.2) is 9.97 Å². The van der Waals surface area contributed by atoms with Crippen molar-refractivity contribution in [3.8, 4) is 11.3 Å². The zero-order valence-corrected chi connectivity index (χ0v) is 16.5. The van der Waals surface area contributed by atoms with Crippen LogP contribution in [0.4, 0.5) is 10.8 Å². The van der Waals surface area contributed by atoms with Crippen LogP contribution in [0.5, 0.6) is 0 Å². The van der Waals surface area contributed by atoms with Crippen LogP contribution in [0.25, 0.3) is 16.9 Å². The predicted octanol–water partition coefficient (Wildman–Crippen LogP) is 4.07. The average Bonchev–Trinajstić information content (AvgIpc) is 3.40. The fourth-order valence-electron chi connectivity index (χ4n) is 3.11. The van der Waals surface area contributed by atoms with Crippen molar-refractivity contribution in [3.05, 3.63) is 47.5 Å². The van der Waals surface area contributed by atoms with E-state index in [0.29, 0.717) is 0 Å². The molecule has 0 saturated carbocycles. The van der Waals surface area contributed by atoms with Crippen molar-refractivity contribution in [2.45, 2.75) is 27.3 Å². The van der Waals surface area contributed by atoms with Crippen LogP contribution in [-0.2, 0) is 6.54 Å². The van der Waals surface area contributed by atoms with Gasteiger partial charge in [-0.3, -0.25) is 14.4 Å². The Morgan fingerprint density at radius 3 is 2.81 bits per heavy atom. The van der Waals surface area contributed by atoms with Crippen LogP contribution >= 0.6 is 11.3 Å². The van der Waals surface area contributed by atoms with Gasteiger partial charge in [-0.05, 0) is 32.1 Å². The molecule has 0 unspecified atom stereocenters. The number of aromatic nitrogens is 5. The molecule has 27 heavy (non-hydrogen) atoms. The largest absolute Gasteiger partial charge is 0.329 e. The van der Waals surface area contributed by atoms with E-state index in [1.54, 1.807) is 17.5 Å². The van der Waals surface area contributed by atoms with Gasteiger partial charge in [0.1, 0.15) is 0 Å². The Morgan fingerprint density at radius 1 is 1.22 bits per heavy atom. The summed E-state index contributed by atoms with van der Waals surface area (Å²) in [7, 11) is 0. The van der Waals surface area contributed by atoms with Crippen LogP contribution in [0.15, 0.2) is 36.9 Å². The Bertz CT molecular complexity index is 1030. The first-order chi connectivity index (χ1) is 13.2. The molecule has 4 aromatic heterocycles. The van der Waals surface area contributed by atoms with Crippen LogP contribution in [0.2, 0.25) is 0 Å². The van der Waals surface area contributed by atoms with E-state index in [4.69, 9.17) is 0 Å². The zero-order chi connectivity index (χ0) is 18.8. The highest BCUT2D eigenvalue weighted by atomic mass is 32.1. The van der Waals surface area contributed by atoms with E-state index >= 15 is 0 Å². The second kappa shape index (κ2) is 7.50. The second-order valence-corrected chi connectivity index (χ2v) is 7.58. The Labute approximate surface area is 162 Å². The maximum atomic E-state index is 4.67. The van der Waals surface area contributed by atoms with E-state index in [2.05, 4.69) is 60.8 Å². The summed E-state index contributed by atoms with van der Waals surface area (Å²) < 4.78 is 2.06. The van der Waals surface area contributed by atoms with Crippen molar-refractivity contribution in [2.75, 3.05) is 18.4 Å². The number of rotatable bonds is 7. The summed E-state index contributed by atoms with van der Waals surface area (Å²) in [4.78, 5) is 13.0. The van der Waals surface area contributed by atoms with E-state index < -0.39 is 0 Å². The quantitative estimate of drug-likeness (QED) is 0.505. The molecule has 0 atom stereocenters. The third-order valence-corrected chi connectivity index (χ3v) is 5.57. The monoisotopic (exact) mass is 381 g/mol. The third kappa shape index (κ3) is 3.58. The van der Waals surface area contributed by atoms with Gasteiger partial charge in [0, 0.05) is 29.4 Å². The molecule has 7 nitrogen and oxygen atoms in total. The molecule has 0 aliphatic carbocycles. The number of imidazole rings is 1. The van der Waals surface area contributed by atoms with Gasteiger partial charge >= 0.3 is 0 Å². The predicted molar refractivity (Wildman–Crippen MR) is 110 cm³/mol. The minimum atomic E-state index is 0.765. The molecule has 8 heteroatoms. The molecular formula is C19H23N7S. The Hall–Kier alpha value is -2.71. The first-order valence-corrected chi connectivity index (χ1v) is 9.91. The average molecular weight is 382 g/mol. The van der Waals surface area contributed by atoms with Gasteiger partial charge in [-0.2, -0.15) is 5.10 Å². The number of fused-ring (bicyclic) bond motifs is 1. The Morgan fingerprint density at radius 2 is 2.07 bits per heavy atom. The molecule has 140 valence electrons. The fraction of sp³-hybridized carbons (Fsp3) is 0.316. The fourth-order valence-corrected chi connectivity index (χ4v) is 4.06. The molecule has 4 heterocycles. The summed E-state index contributed by atoms with van der Waals surface area (Å²) in [5.74, 6) is 0.765. The van der Waals surface area contributed by atoms with E-state index in [0.717, 1.165) is 53.1 Å². The number of hydrogen-bond donors (Lipinski definition) is 2. The van der Waals surface area contributed by atoms with Crippen molar-refractivity contribution in [1.82, 2.24) is 29.5 Å². The first-order valence-electron chi connectivity index (χ1n) is 9.09. The van der Waals surface area contributed by atoms with Crippen molar-refractivity contribution >= 4 is 27.8 Å². The number of nitrogens with zero attached hydrogens (tertiary/aromatic N) is 5. The van der Waals surface area contributed by atoms with E-state index in [1.165, 1.54) is 4.88 Å². The van der Waals surface area contributed by atoms with Gasteiger partial charge < -0.3 is 5.32 Å². The lowest BCUT2D eigenvalue weighted by Crippen LogP contribution is -2.21. The topological polar surface area (TPSA) is 74.1 Å². The van der Waals surface area contributed by atoms with Gasteiger partial charge in [0.15, 0.2) is 11.5 Å². The smallest absolute Gasteiger partial charge is 0.180 e. The van der Waals surface area contributed by atoms with E-state index in [9.17, 15) is 0 Å². The lowest BCUT2D eigenvalue weighted by atomic mass is 10.3. The summed E-state index contributed by atoms with van der Waals surface area (Å²) in [5.41, 5.74) is 3.71.